The number of nitrogens with zero attached hydrogens (tertiary/aromatic N) is 2. The van der Waals surface area contributed by atoms with E-state index in [1.165, 1.54) is 4.31 Å². The lowest BCUT2D eigenvalue weighted by molar-refractivity contribution is 0.113. The van der Waals surface area contributed by atoms with Gasteiger partial charge in [-0.15, -0.1) is 0 Å². The molecule has 1 aliphatic heterocycles. The summed E-state index contributed by atoms with van der Waals surface area (Å²) in [4.78, 5) is 4.34. The molecular formula is C13H21N3O3S. The minimum absolute atomic E-state index is 0.213. The Morgan fingerprint density at radius 2 is 2.15 bits per heavy atom. The van der Waals surface area contributed by atoms with E-state index < -0.39 is 16.1 Å². The molecule has 112 valence electrons. The quantitative estimate of drug-likeness (QED) is 0.849. The summed E-state index contributed by atoms with van der Waals surface area (Å²) in [6.07, 6.45) is 3.05. The molecule has 1 fully saturated rings. The van der Waals surface area contributed by atoms with Gasteiger partial charge in [-0.25, -0.2) is 13.4 Å². The average molecular weight is 299 g/mol. The summed E-state index contributed by atoms with van der Waals surface area (Å²) in [5.41, 5.74) is 0. The molecule has 0 spiro atoms. The van der Waals surface area contributed by atoms with Crippen LogP contribution in [0.3, 0.4) is 0 Å². The first kappa shape index (κ1) is 15.2. The molecule has 2 heterocycles. The number of hydrogen-bond acceptors (Lipinski definition) is 5. The number of anilines is 1. The van der Waals surface area contributed by atoms with E-state index in [2.05, 4.69) is 10.3 Å². The Balaban J connectivity index is 2.25. The van der Waals surface area contributed by atoms with Crippen molar-refractivity contribution in [3.63, 3.8) is 0 Å². The molecule has 1 saturated heterocycles. The maximum absolute atomic E-state index is 12.6. The molecule has 6 nitrogen and oxygen atoms in total. The molecule has 1 aliphatic rings. The first-order chi connectivity index (χ1) is 9.55. The van der Waals surface area contributed by atoms with Crippen molar-refractivity contribution in [2.75, 3.05) is 25.0 Å². The van der Waals surface area contributed by atoms with Crippen LogP contribution in [0.1, 0.15) is 26.2 Å². The minimum Gasteiger partial charge on any atom is -0.393 e. The summed E-state index contributed by atoms with van der Waals surface area (Å²) in [5, 5.41) is 12.5. The number of rotatable bonds is 5. The van der Waals surface area contributed by atoms with Crippen molar-refractivity contribution in [2.45, 2.75) is 37.2 Å². The van der Waals surface area contributed by atoms with Crippen molar-refractivity contribution in [3.05, 3.63) is 18.3 Å². The van der Waals surface area contributed by atoms with Gasteiger partial charge in [0.2, 0.25) is 10.0 Å². The van der Waals surface area contributed by atoms with E-state index in [1.807, 2.05) is 6.92 Å². The monoisotopic (exact) mass is 299 g/mol. The van der Waals surface area contributed by atoms with Crippen LogP contribution in [0.25, 0.3) is 0 Å². The van der Waals surface area contributed by atoms with Gasteiger partial charge in [-0.1, -0.05) is 6.92 Å². The lowest BCUT2D eigenvalue weighted by Gasteiger charge is -2.29. The first-order valence-electron chi connectivity index (χ1n) is 6.92. The summed E-state index contributed by atoms with van der Waals surface area (Å²) in [6.45, 7) is 3.39. The maximum Gasteiger partial charge on any atom is 0.246 e. The number of piperidine rings is 1. The van der Waals surface area contributed by atoms with Crippen molar-refractivity contribution in [2.24, 2.45) is 0 Å². The standard InChI is InChI=1S/C13H21N3O3S/c1-2-7-14-13-12(4-3-8-15-13)20(18,19)16-9-5-11(17)6-10-16/h3-4,8,11,17H,2,5-7,9-10H2,1H3,(H,14,15). The zero-order valence-electron chi connectivity index (χ0n) is 11.6. The van der Waals surface area contributed by atoms with E-state index in [0.717, 1.165) is 6.42 Å². The number of aliphatic hydroxyl groups excluding tert-OH is 1. The predicted octanol–water partition coefficient (Wildman–Crippen LogP) is 1.05. The molecule has 0 aliphatic carbocycles. The Labute approximate surface area is 119 Å². The largest absolute Gasteiger partial charge is 0.393 e. The van der Waals surface area contributed by atoms with E-state index in [-0.39, 0.29) is 4.90 Å². The van der Waals surface area contributed by atoms with E-state index in [0.29, 0.717) is 38.3 Å². The van der Waals surface area contributed by atoms with Crippen LogP contribution in [0.2, 0.25) is 0 Å². The van der Waals surface area contributed by atoms with Crippen molar-refractivity contribution < 1.29 is 13.5 Å². The van der Waals surface area contributed by atoms with E-state index in [4.69, 9.17) is 0 Å². The Hall–Kier alpha value is -1.18. The highest BCUT2D eigenvalue weighted by molar-refractivity contribution is 7.89. The van der Waals surface area contributed by atoms with Crippen LogP contribution in [0.4, 0.5) is 5.82 Å². The van der Waals surface area contributed by atoms with Gasteiger partial charge in [-0.3, -0.25) is 0 Å². The van der Waals surface area contributed by atoms with Gasteiger partial charge in [-0.05, 0) is 31.4 Å². The molecule has 0 atom stereocenters. The third-order valence-electron chi connectivity index (χ3n) is 3.35. The Kier molecular flexibility index (Phi) is 4.95. The molecule has 0 amide bonds. The zero-order valence-corrected chi connectivity index (χ0v) is 12.4. The first-order valence-corrected chi connectivity index (χ1v) is 8.37. The van der Waals surface area contributed by atoms with Crippen LogP contribution < -0.4 is 5.32 Å². The molecule has 1 aromatic heterocycles. The second kappa shape index (κ2) is 6.51. The number of hydrogen-bond donors (Lipinski definition) is 2. The van der Waals surface area contributed by atoms with Crippen molar-refractivity contribution in [1.29, 1.82) is 0 Å². The number of sulfonamides is 1. The fraction of sp³-hybridized carbons (Fsp3) is 0.615. The van der Waals surface area contributed by atoms with E-state index in [9.17, 15) is 13.5 Å². The smallest absolute Gasteiger partial charge is 0.246 e. The number of pyridine rings is 1. The average Bonchev–Trinajstić information content (AvgIpc) is 2.46. The Bertz CT molecular complexity index is 540. The molecule has 0 radical (unpaired) electrons. The lowest BCUT2D eigenvalue weighted by Crippen LogP contribution is -2.40. The molecule has 0 bridgehead atoms. The van der Waals surface area contributed by atoms with Gasteiger partial charge in [0, 0.05) is 25.8 Å². The second-order valence-corrected chi connectivity index (χ2v) is 6.82. The Morgan fingerprint density at radius 1 is 1.45 bits per heavy atom. The van der Waals surface area contributed by atoms with Crippen LogP contribution in [-0.2, 0) is 10.0 Å². The van der Waals surface area contributed by atoms with Crippen molar-refractivity contribution in [3.8, 4) is 0 Å². The fourth-order valence-corrected chi connectivity index (χ4v) is 3.79. The highest BCUT2D eigenvalue weighted by Crippen LogP contribution is 2.25. The minimum atomic E-state index is -3.55. The van der Waals surface area contributed by atoms with Gasteiger partial charge in [0.25, 0.3) is 0 Å². The molecule has 7 heteroatoms. The van der Waals surface area contributed by atoms with Gasteiger partial charge < -0.3 is 10.4 Å². The summed E-state index contributed by atoms with van der Waals surface area (Å²) in [7, 11) is -3.55. The van der Waals surface area contributed by atoms with Gasteiger partial charge >= 0.3 is 0 Å². The van der Waals surface area contributed by atoms with E-state index in [1.54, 1.807) is 18.3 Å². The van der Waals surface area contributed by atoms with Crippen molar-refractivity contribution in [1.82, 2.24) is 9.29 Å². The molecule has 20 heavy (non-hydrogen) atoms. The molecule has 0 saturated carbocycles. The highest BCUT2D eigenvalue weighted by atomic mass is 32.2. The normalized spacial score (nSPS) is 18.1. The number of nitrogens with one attached hydrogen (secondary N) is 1. The summed E-state index contributed by atoms with van der Waals surface area (Å²) < 4.78 is 26.7. The van der Waals surface area contributed by atoms with Gasteiger partial charge in [0.05, 0.1) is 6.10 Å². The second-order valence-electron chi connectivity index (χ2n) is 4.91. The van der Waals surface area contributed by atoms with Crippen LogP contribution in [-0.4, -0.2) is 48.6 Å². The van der Waals surface area contributed by atoms with Crippen molar-refractivity contribution >= 4 is 15.8 Å². The van der Waals surface area contributed by atoms with Gasteiger partial charge in [0.15, 0.2) is 0 Å². The molecule has 2 rings (SSSR count). The predicted molar refractivity (Wildman–Crippen MR) is 77.0 cm³/mol. The fourth-order valence-electron chi connectivity index (χ4n) is 2.20. The summed E-state index contributed by atoms with van der Waals surface area (Å²) in [5.74, 6) is 0.403. The van der Waals surface area contributed by atoms with Gasteiger partial charge in [-0.2, -0.15) is 4.31 Å². The highest BCUT2D eigenvalue weighted by Gasteiger charge is 2.30. The SMILES string of the molecule is CCCNc1ncccc1S(=O)(=O)N1CCC(O)CC1. The van der Waals surface area contributed by atoms with Crippen LogP contribution in [0, 0.1) is 0 Å². The van der Waals surface area contributed by atoms with Crippen LogP contribution >= 0.6 is 0 Å². The topological polar surface area (TPSA) is 82.5 Å². The Morgan fingerprint density at radius 3 is 2.80 bits per heavy atom. The number of aromatic nitrogens is 1. The molecule has 1 aromatic rings. The lowest BCUT2D eigenvalue weighted by atomic mass is 10.1. The third kappa shape index (κ3) is 3.28. The van der Waals surface area contributed by atoms with Crippen LogP contribution in [0.15, 0.2) is 23.2 Å². The maximum atomic E-state index is 12.6. The molecule has 0 aromatic carbocycles. The van der Waals surface area contributed by atoms with Crippen LogP contribution in [0.5, 0.6) is 0 Å². The van der Waals surface area contributed by atoms with Gasteiger partial charge in [0.1, 0.15) is 10.7 Å². The number of aliphatic hydroxyl groups is 1. The zero-order chi connectivity index (χ0) is 14.6. The molecule has 2 N–H and O–H groups in total. The molecular weight excluding hydrogens is 278 g/mol. The summed E-state index contributed by atoms with van der Waals surface area (Å²) in [6, 6.07) is 3.20. The summed E-state index contributed by atoms with van der Waals surface area (Å²) >= 11 is 0. The van der Waals surface area contributed by atoms with E-state index >= 15 is 0 Å². The molecule has 0 unspecified atom stereocenters. The third-order valence-corrected chi connectivity index (χ3v) is 5.28.